The molecule has 2 saturated carbocycles. The predicted octanol–water partition coefficient (Wildman–Crippen LogP) is 9.88. The van der Waals surface area contributed by atoms with Gasteiger partial charge in [-0.15, -0.1) is 0 Å². The van der Waals surface area contributed by atoms with E-state index >= 15 is 0 Å². The van der Waals surface area contributed by atoms with Gasteiger partial charge in [-0.1, -0.05) is 58.9 Å². The van der Waals surface area contributed by atoms with Crippen LogP contribution in [0.25, 0.3) is 0 Å². The van der Waals surface area contributed by atoms with E-state index in [0.29, 0.717) is 18.8 Å². The summed E-state index contributed by atoms with van der Waals surface area (Å²) >= 11 is 0. The van der Waals surface area contributed by atoms with Gasteiger partial charge in [-0.2, -0.15) is 0 Å². The zero-order chi connectivity index (χ0) is 40.2. The third-order valence-electron chi connectivity index (χ3n) is 10.3. The smallest absolute Gasteiger partial charge is 0.375 e. The molecule has 0 saturated heterocycles. The number of rotatable bonds is 17. The highest BCUT2D eigenvalue weighted by Crippen LogP contribution is 2.58. The highest BCUT2D eigenvalue weighted by molar-refractivity contribution is 7.47. The lowest BCUT2D eigenvalue weighted by atomic mass is 9.75. The summed E-state index contributed by atoms with van der Waals surface area (Å²) < 4.78 is 56.4. The number of phosphoric acid groups is 2. The van der Waals surface area contributed by atoms with Crippen LogP contribution in [0.5, 0.6) is 0 Å². The molecule has 0 bridgehead atoms. The fraction of sp³-hybridized carbons (Fsp3) is 0.676. The molecule has 17 heteroatoms. The second kappa shape index (κ2) is 17.7. The molecule has 0 aliphatic heterocycles. The summed E-state index contributed by atoms with van der Waals surface area (Å²) in [6.45, 7) is 16.2. The standard InChI is InChI=1S/C37H56N2O13P2/c1-24-17-26(30(19-24)36(3,4)5)23-49-53(44,45)51-34(28-13-9-11-15-31(28)38(40)41)21-35(29-14-10-12-16-32(29)39(42)43)52-54(46,47)50-33-20-25(2)18-27(33)22-48-37(6,7)8/h9-16,24-27,30,33-35H,17-23H2,1-8H3,(H,44,45)(H,46,47)/t24-,25-,26-,27-,30-,33-,34?,35?/m1/s1. The van der Waals surface area contributed by atoms with Gasteiger partial charge >= 0.3 is 15.6 Å². The molecule has 2 aliphatic carbocycles. The molecule has 0 radical (unpaired) electrons. The van der Waals surface area contributed by atoms with Crippen LogP contribution >= 0.6 is 15.6 Å². The van der Waals surface area contributed by atoms with Crippen LogP contribution in [0.3, 0.4) is 0 Å². The quantitative estimate of drug-likeness (QED) is 0.0869. The Bertz CT molecular complexity index is 1710. The van der Waals surface area contributed by atoms with Crippen LogP contribution in [-0.4, -0.2) is 44.6 Å². The van der Waals surface area contributed by atoms with E-state index in [9.17, 15) is 39.1 Å². The summed E-state index contributed by atoms with van der Waals surface area (Å²) in [7, 11) is -10.1. The molecule has 15 nitrogen and oxygen atoms in total. The van der Waals surface area contributed by atoms with Crippen molar-refractivity contribution in [3.05, 3.63) is 79.9 Å². The third kappa shape index (κ3) is 12.5. The van der Waals surface area contributed by atoms with Gasteiger partial charge in [0, 0.05) is 24.5 Å². The first kappa shape index (κ1) is 44.1. The Kier molecular flexibility index (Phi) is 14.5. The van der Waals surface area contributed by atoms with Crippen molar-refractivity contribution in [2.45, 2.75) is 111 Å². The van der Waals surface area contributed by atoms with E-state index in [-0.39, 0.29) is 53.4 Å². The molecule has 0 heterocycles. The lowest BCUT2D eigenvalue weighted by Crippen LogP contribution is -2.28. The number of phosphoric ester groups is 2. The molecular weight excluding hydrogens is 742 g/mol. The van der Waals surface area contributed by atoms with Gasteiger partial charge < -0.3 is 14.5 Å². The summed E-state index contributed by atoms with van der Waals surface area (Å²) in [5.41, 5.74) is -1.89. The van der Waals surface area contributed by atoms with Crippen LogP contribution in [-0.2, 0) is 32.0 Å². The van der Waals surface area contributed by atoms with Crippen LogP contribution in [0.1, 0.15) is 111 Å². The fourth-order valence-corrected chi connectivity index (χ4v) is 10.0. The number of hydrogen-bond donors (Lipinski definition) is 2. The average Bonchev–Trinajstić information content (AvgIpc) is 3.62. The fourth-order valence-electron chi connectivity index (χ4n) is 7.90. The van der Waals surface area contributed by atoms with Gasteiger partial charge in [0.15, 0.2) is 0 Å². The minimum atomic E-state index is -5.06. The van der Waals surface area contributed by atoms with Crippen molar-refractivity contribution in [2.24, 2.45) is 35.0 Å². The molecule has 2 fully saturated rings. The third-order valence-corrected chi connectivity index (χ3v) is 12.3. The number of benzene rings is 2. The maximum absolute atomic E-state index is 13.9. The van der Waals surface area contributed by atoms with E-state index < -0.39 is 67.2 Å². The monoisotopic (exact) mass is 798 g/mol. The Morgan fingerprint density at radius 3 is 1.72 bits per heavy atom. The van der Waals surface area contributed by atoms with Crippen molar-refractivity contribution >= 4 is 27.0 Å². The molecular formula is C37H56N2O13P2. The zero-order valence-corrected chi connectivity index (χ0v) is 34.2. The summed E-state index contributed by atoms with van der Waals surface area (Å²) in [5, 5.41) is 24.4. The minimum absolute atomic E-state index is 0.0648. The van der Waals surface area contributed by atoms with Crippen LogP contribution in [0.15, 0.2) is 48.5 Å². The molecule has 0 aromatic heterocycles. The van der Waals surface area contributed by atoms with E-state index in [1.165, 1.54) is 48.5 Å². The highest BCUT2D eigenvalue weighted by Gasteiger charge is 2.44. The van der Waals surface area contributed by atoms with Crippen LogP contribution in [0.4, 0.5) is 11.4 Å². The van der Waals surface area contributed by atoms with E-state index in [1.54, 1.807) is 0 Å². The number of nitro benzene ring substituents is 2. The van der Waals surface area contributed by atoms with Gasteiger partial charge in [0.2, 0.25) is 0 Å². The summed E-state index contributed by atoms with van der Waals surface area (Å²) in [6, 6.07) is 10.7. The average molecular weight is 799 g/mol. The number of para-hydroxylation sites is 2. The Labute approximate surface area is 317 Å². The molecule has 0 amide bonds. The minimum Gasteiger partial charge on any atom is -0.375 e. The van der Waals surface area contributed by atoms with Gasteiger partial charge in [0.05, 0.1) is 45.9 Å². The van der Waals surface area contributed by atoms with Crippen LogP contribution in [0.2, 0.25) is 0 Å². The summed E-state index contributed by atoms with van der Waals surface area (Å²) in [5.74, 6) is 0.372. The van der Waals surface area contributed by atoms with Crippen LogP contribution in [0, 0.1) is 55.2 Å². The topological polar surface area (TPSA) is 207 Å². The maximum atomic E-state index is 13.9. The number of nitrogens with zero attached hydrogens (tertiary/aromatic N) is 2. The first-order valence-electron chi connectivity index (χ1n) is 18.4. The predicted molar refractivity (Wildman–Crippen MR) is 201 cm³/mol. The number of nitro groups is 2. The molecule has 2 aliphatic rings. The van der Waals surface area contributed by atoms with E-state index in [2.05, 4.69) is 27.7 Å². The number of ether oxygens (including phenoxy) is 1. The molecule has 10 atom stereocenters. The number of hydrogen-bond acceptors (Lipinski definition) is 11. The first-order chi connectivity index (χ1) is 24.9. The Balaban J connectivity index is 1.69. The summed E-state index contributed by atoms with van der Waals surface area (Å²) in [6.07, 6.45) is -2.04. The van der Waals surface area contributed by atoms with E-state index in [1.807, 2.05) is 27.7 Å². The van der Waals surface area contributed by atoms with Crippen molar-refractivity contribution in [1.82, 2.24) is 0 Å². The van der Waals surface area contributed by atoms with Gasteiger partial charge in [0.1, 0.15) is 12.2 Å². The van der Waals surface area contributed by atoms with Crippen LogP contribution < -0.4 is 0 Å². The molecule has 0 spiro atoms. The Hall–Kier alpha value is -2.58. The van der Waals surface area contributed by atoms with Gasteiger partial charge in [-0.3, -0.25) is 38.3 Å². The second-order valence-corrected chi connectivity index (χ2v) is 19.8. The Morgan fingerprint density at radius 1 is 0.741 bits per heavy atom. The Morgan fingerprint density at radius 2 is 1.22 bits per heavy atom. The van der Waals surface area contributed by atoms with Gasteiger partial charge in [0.25, 0.3) is 11.4 Å². The first-order valence-corrected chi connectivity index (χ1v) is 21.4. The molecule has 302 valence electrons. The van der Waals surface area contributed by atoms with Crippen molar-refractivity contribution < 1.29 is 51.6 Å². The van der Waals surface area contributed by atoms with Crippen molar-refractivity contribution in [3.63, 3.8) is 0 Å². The lowest BCUT2D eigenvalue weighted by molar-refractivity contribution is -0.386. The van der Waals surface area contributed by atoms with Crippen molar-refractivity contribution in [3.8, 4) is 0 Å². The highest BCUT2D eigenvalue weighted by atomic mass is 31.2. The van der Waals surface area contributed by atoms with Crippen molar-refractivity contribution in [1.29, 1.82) is 0 Å². The largest absolute Gasteiger partial charge is 0.473 e. The van der Waals surface area contributed by atoms with E-state index in [0.717, 1.165) is 12.8 Å². The zero-order valence-electron chi connectivity index (χ0n) is 32.4. The van der Waals surface area contributed by atoms with E-state index in [4.69, 9.17) is 22.8 Å². The lowest BCUT2D eigenvalue weighted by Gasteiger charge is -2.33. The molecule has 2 N–H and O–H groups in total. The maximum Gasteiger partial charge on any atom is 0.473 e. The van der Waals surface area contributed by atoms with Gasteiger partial charge in [-0.25, -0.2) is 9.13 Å². The van der Waals surface area contributed by atoms with Crippen molar-refractivity contribution in [2.75, 3.05) is 13.2 Å². The molecule has 54 heavy (non-hydrogen) atoms. The van der Waals surface area contributed by atoms with Gasteiger partial charge in [-0.05, 0) is 87.7 Å². The molecule has 4 unspecified atom stereocenters. The SMILES string of the molecule is C[C@@H]1C[C@H](COP(=O)(O)OC(CC(OP(=O)(O)O[C@@H]2C[C@H](C)C[C@@H]2COC(C)(C)C)c2ccccc2[N+](=O)[O-])c2ccccc2[N+](=O)[O-])[C@H](C(C)(C)C)C1. The molecule has 4 rings (SSSR count). The normalized spacial score (nSPS) is 26.9. The summed E-state index contributed by atoms with van der Waals surface area (Å²) in [4.78, 5) is 45.4. The second-order valence-electron chi connectivity index (χ2n) is 17.0. The molecule has 2 aromatic rings. The molecule has 2 aromatic carbocycles.